The van der Waals surface area contributed by atoms with Crippen molar-refractivity contribution in [3.8, 4) is 0 Å². The molecule has 1 fully saturated rings. The third-order valence-electron chi connectivity index (χ3n) is 4.64. The minimum absolute atomic E-state index is 0.0298. The lowest BCUT2D eigenvalue weighted by atomic mass is 9.93. The van der Waals surface area contributed by atoms with Crippen LogP contribution in [0, 0.1) is 12.8 Å². The first kappa shape index (κ1) is 24.8. The third kappa shape index (κ3) is 6.53. The molecule has 1 saturated heterocycles. The maximum absolute atomic E-state index is 12.7. The lowest BCUT2D eigenvalue weighted by Gasteiger charge is -2.39. The van der Waals surface area contributed by atoms with Crippen LogP contribution in [-0.4, -0.2) is 60.6 Å². The first-order chi connectivity index (χ1) is 14.5. The predicted octanol–water partition coefficient (Wildman–Crippen LogP) is 3.78. The summed E-state index contributed by atoms with van der Waals surface area (Å²) < 4.78 is 15.5. The van der Waals surface area contributed by atoms with Crippen LogP contribution in [0.5, 0.6) is 0 Å². The van der Waals surface area contributed by atoms with Crippen molar-refractivity contribution in [2.75, 3.05) is 26.3 Å². The van der Waals surface area contributed by atoms with Gasteiger partial charge in [0.1, 0.15) is 16.3 Å². The average molecular weight is 454 g/mol. The molecule has 1 aliphatic heterocycles. The van der Waals surface area contributed by atoms with E-state index < -0.39 is 17.5 Å². The molecule has 0 radical (unpaired) electrons. The number of Topliss-reactive ketones (excluding diaryl/α,β-unsaturated/α-hetero) is 1. The molecule has 0 spiro atoms. The Morgan fingerprint density at radius 2 is 1.61 bits per heavy atom. The zero-order valence-electron chi connectivity index (χ0n) is 19.0. The Labute approximate surface area is 186 Å². The third-order valence-corrected chi connectivity index (χ3v) is 5.91. The van der Waals surface area contributed by atoms with Crippen LogP contribution in [0.15, 0.2) is 0 Å². The van der Waals surface area contributed by atoms with Crippen LogP contribution in [0.25, 0.3) is 0 Å². The molecule has 1 aliphatic rings. The molecule has 9 heteroatoms. The Bertz CT molecular complexity index is 847. The number of esters is 2. The number of rotatable bonds is 8. The molecule has 0 aromatic carbocycles. The lowest BCUT2D eigenvalue weighted by molar-refractivity contribution is -0.120. The maximum atomic E-state index is 12.7. The second-order valence-electron chi connectivity index (χ2n) is 8.47. The number of hydrogen-bond donors (Lipinski definition) is 0. The topological polar surface area (TPSA) is 99.2 Å². The van der Waals surface area contributed by atoms with Crippen LogP contribution in [0.1, 0.15) is 71.5 Å². The van der Waals surface area contributed by atoms with E-state index in [0.717, 1.165) is 11.3 Å². The second-order valence-corrected chi connectivity index (χ2v) is 9.57. The molecule has 2 heterocycles. The van der Waals surface area contributed by atoms with Gasteiger partial charge in [-0.25, -0.2) is 14.4 Å². The smallest absolute Gasteiger partial charge is 0.410 e. The molecular formula is C22H31NO7S. The van der Waals surface area contributed by atoms with E-state index >= 15 is 0 Å². The molecule has 1 amide bonds. The van der Waals surface area contributed by atoms with E-state index in [1.807, 2.05) is 0 Å². The van der Waals surface area contributed by atoms with Crippen LogP contribution < -0.4 is 0 Å². The summed E-state index contributed by atoms with van der Waals surface area (Å²) in [5, 5.41) is 0. The van der Waals surface area contributed by atoms with Crippen molar-refractivity contribution >= 4 is 35.2 Å². The van der Waals surface area contributed by atoms with Gasteiger partial charge in [-0.1, -0.05) is 0 Å². The lowest BCUT2D eigenvalue weighted by Crippen LogP contribution is -2.52. The van der Waals surface area contributed by atoms with Crippen LogP contribution in [0.3, 0.4) is 0 Å². The SMILES string of the molecule is CCOC(=O)c1sc(CC(=O)CC2CN(C(=O)OC(C)(C)C)C2)c(C(=O)OCC)c1C. The predicted molar refractivity (Wildman–Crippen MR) is 116 cm³/mol. The number of nitrogens with zero attached hydrogens (tertiary/aromatic N) is 1. The fourth-order valence-electron chi connectivity index (χ4n) is 3.31. The zero-order chi connectivity index (χ0) is 23.3. The summed E-state index contributed by atoms with van der Waals surface area (Å²) in [6.45, 7) is 11.8. The summed E-state index contributed by atoms with van der Waals surface area (Å²) in [6.07, 6.45) is -0.0661. The van der Waals surface area contributed by atoms with Gasteiger partial charge in [0.25, 0.3) is 0 Å². The molecule has 172 valence electrons. The zero-order valence-corrected chi connectivity index (χ0v) is 19.8. The number of ketones is 1. The fourth-order valence-corrected chi connectivity index (χ4v) is 4.52. The van der Waals surface area contributed by atoms with Crippen LogP contribution in [-0.2, 0) is 25.4 Å². The van der Waals surface area contributed by atoms with Crippen molar-refractivity contribution in [3.63, 3.8) is 0 Å². The number of carbonyl (C=O) groups is 4. The van der Waals surface area contributed by atoms with Gasteiger partial charge in [-0.3, -0.25) is 4.79 Å². The van der Waals surface area contributed by atoms with Crippen molar-refractivity contribution in [2.45, 2.75) is 60.0 Å². The van der Waals surface area contributed by atoms with Gasteiger partial charge >= 0.3 is 18.0 Å². The van der Waals surface area contributed by atoms with Crippen molar-refractivity contribution < 1.29 is 33.4 Å². The van der Waals surface area contributed by atoms with E-state index in [-0.39, 0.29) is 49.4 Å². The Morgan fingerprint density at radius 3 is 2.16 bits per heavy atom. The Hall–Kier alpha value is -2.42. The number of hydrogen-bond acceptors (Lipinski definition) is 8. The molecule has 31 heavy (non-hydrogen) atoms. The number of thiophene rings is 1. The van der Waals surface area contributed by atoms with E-state index in [9.17, 15) is 19.2 Å². The van der Waals surface area contributed by atoms with Crippen molar-refractivity contribution in [1.82, 2.24) is 4.90 Å². The summed E-state index contributed by atoms with van der Waals surface area (Å²) in [7, 11) is 0. The second kappa shape index (κ2) is 10.3. The molecule has 0 aliphatic carbocycles. The van der Waals surface area contributed by atoms with Crippen molar-refractivity contribution in [1.29, 1.82) is 0 Å². The summed E-state index contributed by atoms with van der Waals surface area (Å²) in [5.41, 5.74) is 0.187. The molecule has 0 saturated carbocycles. The average Bonchev–Trinajstić information content (AvgIpc) is 2.92. The van der Waals surface area contributed by atoms with Gasteiger partial charge in [0.15, 0.2) is 0 Å². The number of ether oxygens (including phenoxy) is 3. The van der Waals surface area contributed by atoms with Crippen LogP contribution in [0.4, 0.5) is 4.79 Å². The largest absolute Gasteiger partial charge is 0.462 e. The van der Waals surface area contributed by atoms with E-state index in [1.54, 1.807) is 46.4 Å². The number of carbonyl (C=O) groups excluding carboxylic acids is 4. The van der Waals surface area contributed by atoms with E-state index in [0.29, 0.717) is 28.4 Å². The first-order valence-corrected chi connectivity index (χ1v) is 11.2. The summed E-state index contributed by atoms with van der Waals surface area (Å²) in [4.78, 5) is 51.8. The highest BCUT2D eigenvalue weighted by molar-refractivity contribution is 7.14. The Morgan fingerprint density at radius 1 is 1.03 bits per heavy atom. The molecule has 2 rings (SSSR count). The molecule has 0 atom stereocenters. The maximum Gasteiger partial charge on any atom is 0.410 e. The Kier molecular flexibility index (Phi) is 8.22. The molecule has 0 N–H and O–H groups in total. The number of amides is 1. The number of likely N-dealkylation sites (tertiary alicyclic amines) is 1. The first-order valence-electron chi connectivity index (χ1n) is 10.4. The van der Waals surface area contributed by atoms with Crippen molar-refractivity contribution in [2.24, 2.45) is 5.92 Å². The monoisotopic (exact) mass is 453 g/mol. The van der Waals surface area contributed by atoms with Gasteiger partial charge in [-0.15, -0.1) is 11.3 Å². The molecule has 1 aromatic rings. The minimum atomic E-state index is -0.560. The van der Waals surface area contributed by atoms with E-state index in [1.165, 1.54) is 0 Å². The molecule has 0 bridgehead atoms. The summed E-state index contributed by atoms with van der Waals surface area (Å²) in [5.74, 6) is -1.07. The molecule has 1 aromatic heterocycles. The standard InChI is InChI=1S/C22H31NO7S/c1-7-28-19(25)17-13(3)18(20(26)29-8-2)31-16(17)10-15(24)9-14-11-23(12-14)21(27)30-22(4,5)6/h14H,7-12H2,1-6H3. The highest BCUT2D eigenvalue weighted by atomic mass is 32.1. The minimum Gasteiger partial charge on any atom is -0.462 e. The van der Waals surface area contributed by atoms with Gasteiger partial charge in [-0.05, 0) is 47.1 Å². The molecule has 8 nitrogen and oxygen atoms in total. The quantitative estimate of drug-likeness (QED) is 0.436. The summed E-state index contributed by atoms with van der Waals surface area (Å²) >= 11 is 1.10. The highest BCUT2D eigenvalue weighted by Gasteiger charge is 2.35. The van der Waals surface area contributed by atoms with Gasteiger partial charge in [-0.2, -0.15) is 0 Å². The van der Waals surface area contributed by atoms with E-state index in [2.05, 4.69) is 0 Å². The highest BCUT2D eigenvalue weighted by Crippen LogP contribution is 2.31. The summed E-state index contributed by atoms with van der Waals surface area (Å²) in [6, 6.07) is 0. The van der Waals surface area contributed by atoms with Gasteiger partial charge < -0.3 is 19.1 Å². The van der Waals surface area contributed by atoms with Crippen LogP contribution >= 0.6 is 11.3 Å². The van der Waals surface area contributed by atoms with Gasteiger partial charge in [0.05, 0.1) is 18.8 Å². The molecule has 0 unspecified atom stereocenters. The van der Waals surface area contributed by atoms with E-state index in [4.69, 9.17) is 14.2 Å². The molecular weight excluding hydrogens is 422 g/mol. The van der Waals surface area contributed by atoms with Gasteiger partial charge in [0, 0.05) is 36.7 Å². The van der Waals surface area contributed by atoms with Crippen molar-refractivity contribution in [3.05, 3.63) is 20.9 Å². The normalized spacial score (nSPS) is 14.1. The van der Waals surface area contributed by atoms with Gasteiger partial charge in [0.2, 0.25) is 0 Å². The Balaban J connectivity index is 2.04. The fraction of sp³-hybridized carbons (Fsp3) is 0.636. The van der Waals surface area contributed by atoms with Crippen LogP contribution in [0.2, 0.25) is 0 Å².